The molecule has 9 heteroatoms. The number of carboxylic acid groups (broad SMARTS) is 4. The van der Waals surface area contributed by atoms with Gasteiger partial charge in [-0.25, -0.2) is 0 Å². The van der Waals surface area contributed by atoms with Gasteiger partial charge in [0.05, 0.1) is 0 Å². The number of hydrogen-bond donors (Lipinski definition) is 0. The number of carboxylic acids is 4. The van der Waals surface area contributed by atoms with E-state index in [0.29, 0.717) is 0 Å². The van der Waals surface area contributed by atoms with Crippen LogP contribution < -0.4 is 20.4 Å². The SMILES string of the molecule is CCCCCCCCCCCCCC(=O)[O-].CCCCCCCCCCCCCC(=O)[O-].CCCCCCCCCCCCCC(=O)[O-].CCCCCCCCCCCCCC(=O)[O-].[Ti+4]. The van der Waals surface area contributed by atoms with E-state index in [4.69, 9.17) is 0 Å². The zero-order valence-corrected chi connectivity index (χ0v) is 45.3. The van der Waals surface area contributed by atoms with Crippen molar-refractivity contribution in [3.05, 3.63) is 0 Å². The molecule has 0 aromatic rings. The fourth-order valence-electron chi connectivity index (χ4n) is 7.73. The van der Waals surface area contributed by atoms with E-state index >= 15 is 0 Å². The molecule has 65 heavy (non-hydrogen) atoms. The molecule has 0 bridgehead atoms. The average Bonchev–Trinajstić information content (AvgIpc) is 3.26. The molecule has 0 aromatic carbocycles. The topological polar surface area (TPSA) is 161 Å². The fourth-order valence-corrected chi connectivity index (χ4v) is 7.73. The number of unbranched alkanes of at least 4 members (excludes halogenated alkanes) is 40. The first-order valence-corrected chi connectivity index (χ1v) is 27.9. The van der Waals surface area contributed by atoms with Crippen molar-refractivity contribution in [1.82, 2.24) is 0 Å². The summed E-state index contributed by atoms with van der Waals surface area (Å²) in [5, 5.41) is 40.6. The van der Waals surface area contributed by atoms with Crippen molar-refractivity contribution in [2.45, 2.75) is 336 Å². The Hall–Kier alpha value is -1.41. The number of carbonyl (C=O) groups is 4. The van der Waals surface area contributed by atoms with Gasteiger partial charge in [-0.3, -0.25) is 0 Å². The first kappa shape index (κ1) is 72.6. The number of carbonyl (C=O) groups excluding carboxylic acids is 4. The summed E-state index contributed by atoms with van der Waals surface area (Å²) in [5.74, 6) is -3.63. The molecule has 0 aliphatic carbocycles. The molecule has 0 aromatic heterocycles. The molecule has 0 spiro atoms. The van der Waals surface area contributed by atoms with Crippen LogP contribution in [0.4, 0.5) is 0 Å². The molecule has 0 amide bonds. The molecule has 0 heterocycles. The van der Waals surface area contributed by atoms with Crippen molar-refractivity contribution >= 4 is 23.9 Å². The van der Waals surface area contributed by atoms with E-state index in [2.05, 4.69) is 27.7 Å². The van der Waals surface area contributed by atoms with Gasteiger partial charge in [0, 0.05) is 23.9 Å². The van der Waals surface area contributed by atoms with Crippen LogP contribution in [-0.2, 0) is 40.9 Å². The summed E-state index contributed by atoms with van der Waals surface area (Å²) in [7, 11) is 0. The minimum absolute atomic E-state index is 0. The van der Waals surface area contributed by atoms with Crippen LogP contribution in [0.5, 0.6) is 0 Å². The van der Waals surface area contributed by atoms with Gasteiger partial charge in [-0.05, 0) is 51.4 Å². The van der Waals surface area contributed by atoms with Crippen LogP contribution in [0.1, 0.15) is 336 Å². The van der Waals surface area contributed by atoms with Crippen LogP contribution in [0.2, 0.25) is 0 Å². The summed E-state index contributed by atoms with van der Waals surface area (Å²) in [6.07, 6.45) is 56.1. The van der Waals surface area contributed by atoms with E-state index in [9.17, 15) is 39.6 Å². The van der Waals surface area contributed by atoms with E-state index in [1.54, 1.807) is 0 Å². The minimum Gasteiger partial charge on any atom is -0.550 e. The first-order chi connectivity index (χ1) is 31.1. The molecule has 0 N–H and O–H groups in total. The summed E-state index contributed by atoms with van der Waals surface area (Å²) in [6.45, 7) is 8.97. The average molecular weight is 957 g/mol. The van der Waals surface area contributed by atoms with Gasteiger partial charge in [-0.2, -0.15) is 0 Å². The van der Waals surface area contributed by atoms with Gasteiger partial charge in [-0.1, -0.05) is 285 Å². The largest absolute Gasteiger partial charge is 4.00 e. The van der Waals surface area contributed by atoms with Crippen molar-refractivity contribution in [2.75, 3.05) is 0 Å². The molecule has 0 unspecified atom stereocenters. The van der Waals surface area contributed by atoms with E-state index in [1.807, 2.05) is 0 Å². The van der Waals surface area contributed by atoms with Gasteiger partial charge < -0.3 is 39.6 Å². The molecule has 0 aliphatic heterocycles. The van der Waals surface area contributed by atoms with Crippen LogP contribution in [0.3, 0.4) is 0 Å². The van der Waals surface area contributed by atoms with Crippen molar-refractivity contribution in [1.29, 1.82) is 0 Å². The second-order valence-corrected chi connectivity index (χ2v) is 18.6. The normalized spacial score (nSPS) is 10.4. The molecule has 0 saturated heterocycles. The Morgan fingerprint density at radius 1 is 0.200 bits per heavy atom. The van der Waals surface area contributed by atoms with Crippen LogP contribution in [0.15, 0.2) is 0 Å². The van der Waals surface area contributed by atoms with E-state index in [-0.39, 0.29) is 47.4 Å². The quantitative estimate of drug-likeness (QED) is 0.0430. The van der Waals surface area contributed by atoms with Crippen LogP contribution in [0.25, 0.3) is 0 Å². The summed E-state index contributed by atoms with van der Waals surface area (Å²) in [6, 6.07) is 0. The fraction of sp³-hybridized carbons (Fsp3) is 0.929. The standard InChI is InChI=1S/4C14H28O2.Ti/c4*1-2-3-4-5-6-7-8-9-10-11-12-13-14(15)16;/h4*2-13H2,1H3,(H,15,16);/q;;;;+4/p-4. The van der Waals surface area contributed by atoms with Crippen molar-refractivity contribution < 1.29 is 61.3 Å². The Morgan fingerprint density at radius 3 is 0.385 bits per heavy atom. The molecule has 8 nitrogen and oxygen atoms in total. The van der Waals surface area contributed by atoms with Gasteiger partial charge in [0.15, 0.2) is 0 Å². The number of rotatable bonds is 48. The predicted molar refractivity (Wildman–Crippen MR) is 264 cm³/mol. The van der Waals surface area contributed by atoms with Gasteiger partial charge in [0.25, 0.3) is 0 Å². The summed E-state index contributed by atoms with van der Waals surface area (Å²) >= 11 is 0. The first-order valence-electron chi connectivity index (χ1n) is 27.9. The molecule has 0 aliphatic rings. The maximum Gasteiger partial charge on any atom is 4.00 e. The van der Waals surface area contributed by atoms with Gasteiger partial charge in [0.1, 0.15) is 0 Å². The Balaban J connectivity index is -0.000000245. The summed E-state index contributed by atoms with van der Waals surface area (Å²) in [4.78, 5) is 40.6. The summed E-state index contributed by atoms with van der Waals surface area (Å²) in [5.41, 5.74) is 0. The smallest absolute Gasteiger partial charge is 0.550 e. The maximum absolute atomic E-state index is 10.1. The van der Waals surface area contributed by atoms with Crippen LogP contribution >= 0.6 is 0 Å². The Kier molecular flexibility index (Phi) is 77.2. The molecule has 0 atom stereocenters. The van der Waals surface area contributed by atoms with E-state index in [0.717, 1.165) is 51.4 Å². The van der Waals surface area contributed by atoms with E-state index < -0.39 is 23.9 Å². The van der Waals surface area contributed by atoms with Gasteiger partial charge >= 0.3 is 21.7 Å². The number of hydrogen-bond acceptors (Lipinski definition) is 8. The van der Waals surface area contributed by atoms with Crippen LogP contribution in [-0.4, -0.2) is 23.9 Å². The Labute approximate surface area is 419 Å². The molecule has 0 rings (SSSR count). The second-order valence-electron chi connectivity index (χ2n) is 18.6. The predicted octanol–water partition coefficient (Wildman–Crippen LogP) is 13.7. The maximum atomic E-state index is 10.1. The monoisotopic (exact) mass is 957 g/mol. The molecular formula is C56H108O8Ti. The summed E-state index contributed by atoms with van der Waals surface area (Å²) < 4.78 is 0. The zero-order chi connectivity index (χ0) is 48.3. The minimum atomic E-state index is -0.907. The molecule has 0 fully saturated rings. The zero-order valence-electron chi connectivity index (χ0n) is 43.7. The van der Waals surface area contributed by atoms with Crippen molar-refractivity contribution in [2.24, 2.45) is 0 Å². The molecule has 0 radical (unpaired) electrons. The number of aliphatic carboxylic acids is 4. The third-order valence-electron chi connectivity index (χ3n) is 11.9. The van der Waals surface area contributed by atoms with Gasteiger partial charge in [-0.15, -0.1) is 0 Å². The van der Waals surface area contributed by atoms with Crippen LogP contribution in [0, 0.1) is 0 Å². The van der Waals surface area contributed by atoms with Gasteiger partial charge in [0.2, 0.25) is 0 Å². The third kappa shape index (κ3) is 89.8. The molecular weight excluding hydrogens is 848 g/mol. The molecule has 0 saturated carbocycles. The van der Waals surface area contributed by atoms with Crippen molar-refractivity contribution in [3.8, 4) is 0 Å². The third-order valence-corrected chi connectivity index (χ3v) is 11.9. The van der Waals surface area contributed by atoms with Crippen molar-refractivity contribution in [3.63, 3.8) is 0 Å². The second kappa shape index (κ2) is 69.2. The molecule has 384 valence electrons. The van der Waals surface area contributed by atoms with E-state index in [1.165, 1.54) is 231 Å². The Morgan fingerprint density at radius 2 is 0.292 bits per heavy atom. The Bertz CT molecular complexity index is 771.